The van der Waals surface area contributed by atoms with Gasteiger partial charge in [-0.3, -0.25) is 14.5 Å². The zero-order valence-corrected chi connectivity index (χ0v) is 17.2. The molecular formula is C21H28F3N3O3. The van der Waals surface area contributed by atoms with Gasteiger partial charge in [0.25, 0.3) is 0 Å². The van der Waals surface area contributed by atoms with Crippen molar-refractivity contribution in [2.45, 2.75) is 51.4 Å². The molecule has 1 atom stereocenters. The summed E-state index contributed by atoms with van der Waals surface area (Å²) >= 11 is 0. The van der Waals surface area contributed by atoms with E-state index < -0.39 is 12.4 Å². The molecule has 0 spiro atoms. The van der Waals surface area contributed by atoms with E-state index in [2.05, 4.69) is 21.4 Å². The third kappa shape index (κ3) is 8.44. The number of carbonyl (C=O) groups is 2. The minimum atomic E-state index is -4.77. The molecule has 0 aliphatic heterocycles. The molecule has 9 heteroatoms. The van der Waals surface area contributed by atoms with Crippen LogP contribution in [0.3, 0.4) is 0 Å². The summed E-state index contributed by atoms with van der Waals surface area (Å²) in [7, 11) is 1.66. The van der Waals surface area contributed by atoms with E-state index >= 15 is 0 Å². The Morgan fingerprint density at radius 3 is 2.50 bits per heavy atom. The summed E-state index contributed by atoms with van der Waals surface area (Å²) in [5, 5.41) is 5.49. The van der Waals surface area contributed by atoms with Gasteiger partial charge in [-0.1, -0.05) is 11.6 Å². The number of halogens is 3. The number of nitrogens with one attached hydrogen (secondary N) is 2. The molecule has 1 aromatic rings. The summed E-state index contributed by atoms with van der Waals surface area (Å²) in [6.07, 6.45) is 2.95. The minimum absolute atomic E-state index is 0.0411. The number of hydrogen-bond acceptors (Lipinski definition) is 4. The van der Waals surface area contributed by atoms with E-state index in [1.54, 1.807) is 18.9 Å². The van der Waals surface area contributed by atoms with E-state index in [1.165, 1.54) is 30.5 Å². The number of benzene rings is 1. The molecule has 0 saturated heterocycles. The SMILES string of the molecule is C[C@@H](C(=O)NCCC1=CCCCC1)N(C)CC(=O)Nc1ccc(OC(F)(F)F)cc1. The van der Waals surface area contributed by atoms with Gasteiger partial charge in [-0.25, -0.2) is 0 Å². The Morgan fingerprint density at radius 1 is 1.20 bits per heavy atom. The molecule has 2 rings (SSSR count). The molecule has 1 aliphatic carbocycles. The molecule has 0 aromatic heterocycles. The molecule has 2 N–H and O–H groups in total. The standard InChI is InChI=1S/C21H28F3N3O3/c1-15(20(29)25-13-12-16-6-4-3-5-7-16)27(2)14-19(28)26-17-8-10-18(11-9-17)30-21(22,23)24/h6,8-11,15H,3-5,7,12-14H2,1-2H3,(H,25,29)(H,26,28)/t15-/m0/s1. The molecule has 166 valence electrons. The van der Waals surface area contributed by atoms with Crippen LogP contribution in [-0.4, -0.2) is 49.3 Å². The zero-order chi connectivity index (χ0) is 22.1. The smallest absolute Gasteiger partial charge is 0.406 e. The second-order valence-electron chi connectivity index (χ2n) is 7.36. The number of rotatable bonds is 9. The summed E-state index contributed by atoms with van der Waals surface area (Å²) in [5.41, 5.74) is 1.72. The fourth-order valence-corrected chi connectivity index (χ4v) is 3.13. The second kappa shape index (κ2) is 11.0. The third-order valence-corrected chi connectivity index (χ3v) is 4.94. The molecule has 2 amide bonds. The number of nitrogens with zero attached hydrogens (tertiary/aromatic N) is 1. The van der Waals surface area contributed by atoms with E-state index in [0.29, 0.717) is 12.2 Å². The van der Waals surface area contributed by atoms with Crippen LogP contribution < -0.4 is 15.4 Å². The highest BCUT2D eigenvalue weighted by atomic mass is 19.4. The largest absolute Gasteiger partial charge is 0.573 e. The van der Waals surface area contributed by atoms with Crippen molar-refractivity contribution in [1.82, 2.24) is 10.2 Å². The first-order valence-corrected chi connectivity index (χ1v) is 9.95. The van der Waals surface area contributed by atoms with Gasteiger partial charge in [0.15, 0.2) is 0 Å². The van der Waals surface area contributed by atoms with Crippen LogP contribution in [0.2, 0.25) is 0 Å². The Kier molecular flexibility index (Phi) is 8.71. The van der Waals surface area contributed by atoms with Crippen molar-refractivity contribution in [3.05, 3.63) is 35.9 Å². The molecular weight excluding hydrogens is 399 g/mol. The maximum atomic E-state index is 12.3. The van der Waals surface area contributed by atoms with Crippen LogP contribution in [0.4, 0.5) is 18.9 Å². The van der Waals surface area contributed by atoms with Crippen molar-refractivity contribution >= 4 is 17.5 Å². The van der Waals surface area contributed by atoms with Gasteiger partial charge < -0.3 is 15.4 Å². The summed E-state index contributed by atoms with van der Waals surface area (Å²) in [6, 6.07) is 4.36. The van der Waals surface area contributed by atoms with Gasteiger partial charge in [0, 0.05) is 12.2 Å². The van der Waals surface area contributed by atoms with Crippen LogP contribution in [-0.2, 0) is 9.59 Å². The molecule has 1 aromatic carbocycles. The average Bonchev–Trinajstić information content (AvgIpc) is 2.68. The van der Waals surface area contributed by atoms with Crippen molar-refractivity contribution < 1.29 is 27.5 Å². The van der Waals surface area contributed by atoms with Gasteiger partial charge in [-0.05, 0) is 70.3 Å². The highest BCUT2D eigenvalue weighted by Gasteiger charge is 2.31. The van der Waals surface area contributed by atoms with Gasteiger partial charge in [0.05, 0.1) is 12.6 Å². The first kappa shape index (κ1) is 23.7. The van der Waals surface area contributed by atoms with E-state index in [-0.39, 0.29) is 24.1 Å². The molecule has 0 fully saturated rings. The lowest BCUT2D eigenvalue weighted by atomic mass is 9.97. The van der Waals surface area contributed by atoms with Crippen LogP contribution in [0.5, 0.6) is 5.75 Å². The molecule has 0 heterocycles. The Labute approximate surface area is 174 Å². The molecule has 0 saturated carbocycles. The van der Waals surface area contributed by atoms with Crippen molar-refractivity contribution in [3.63, 3.8) is 0 Å². The van der Waals surface area contributed by atoms with Crippen molar-refractivity contribution in [2.75, 3.05) is 25.5 Å². The first-order chi connectivity index (χ1) is 14.1. The summed E-state index contributed by atoms with van der Waals surface area (Å²) in [5.74, 6) is -0.906. The fourth-order valence-electron chi connectivity index (χ4n) is 3.13. The van der Waals surface area contributed by atoms with Crippen LogP contribution in [0.1, 0.15) is 39.0 Å². The summed E-state index contributed by atoms with van der Waals surface area (Å²) < 4.78 is 40.3. The Balaban J connectivity index is 1.74. The van der Waals surface area contributed by atoms with E-state index in [0.717, 1.165) is 31.4 Å². The second-order valence-corrected chi connectivity index (χ2v) is 7.36. The lowest BCUT2D eigenvalue weighted by Gasteiger charge is -2.23. The van der Waals surface area contributed by atoms with Crippen LogP contribution in [0, 0.1) is 0 Å². The molecule has 30 heavy (non-hydrogen) atoms. The number of alkyl halides is 3. The Bertz CT molecular complexity index is 748. The van der Waals surface area contributed by atoms with Gasteiger partial charge in [-0.15, -0.1) is 13.2 Å². The third-order valence-electron chi connectivity index (χ3n) is 4.94. The normalized spacial score (nSPS) is 15.3. The molecule has 6 nitrogen and oxygen atoms in total. The number of anilines is 1. The highest BCUT2D eigenvalue weighted by molar-refractivity contribution is 5.92. The van der Waals surface area contributed by atoms with Crippen molar-refractivity contribution in [1.29, 1.82) is 0 Å². The zero-order valence-electron chi connectivity index (χ0n) is 17.2. The predicted molar refractivity (Wildman–Crippen MR) is 108 cm³/mol. The monoisotopic (exact) mass is 427 g/mol. The van der Waals surface area contributed by atoms with Crippen molar-refractivity contribution in [2.24, 2.45) is 0 Å². The first-order valence-electron chi connectivity index (χ1n) is 9.95. The lowest BCUT2D eigenvalue weighted by molar-refractivity contribution is -0.274. The van der Waals surface area contributed by atoms with Gasteiger partial charge in [-0.2, -0.15) is 0 Å². The topological polar surface area (TPSA) is 70.7 Å². The van der Waals surface area contributed by atoms with E-state index in [9.17, 15) is 22.8 Å². The van der Waals surface area contributed by atoms with E-state index in [1.807, 2.05) is 0 Å². The molecule has 0 radical (unpaired) electrons. The fraction of sp³-hybridized carbons (Fsp3) is 0.524. The Morgan fingerprint density at radius 2 is 1.90 bits per heavy atom. The quantitative estimate of drug-likeness (QED) is 0.588. The van der Waals surface area contributed by atoms with Gasteiger partial charge >= 0.3 is 6.36 Å². The summed E-state index contributed by atoms with van der Waals surface area (Å²) in [4.78, 5) is 26.1. The maximum absolute atomic E-state index is 12.3. The predicted octanol–water partition coefficient (Wildman–Crippen LogP) is 3.85. The number of carbonyl (C=O) groups excluding carboxylic acids is 2. The molecule has 0 bridgehead atoms. The maximum Gasteiger partial charge on any atom is 0.573 e. The average molecular weight is 427 g/mol. The van der Waals surface area contributed by atoms with Crippen molar-refractivity contribution in [3.8, 4) is 5.75 Å². The highest BCUT2D eigenvalue weighted by Crippen LogP contribution is 2.24. The lowest BCUT2D eigenvalue weighted by Crippen LogP contribution is -2.46. The van der Waals surface area contributed by atoms with Crippen LogP contribution in [0.25, 0.3) is 0 Å². The van der Waals surface area contributed by atoms with Gasteiger partial charge in [0.2, 0.25) is 11.8 Å². The Hall–Kier alpha value is -2.55. The molecule has 1 aliphatic rings. The van der Waals surface area contributed by atoms with Gasteiger partial charge in [0.1, 0.15) is 5.75 Å². The van der Waals surface area contributed by atoms with E-state index in [4.69, 9.17) is 0 Å². The van der Waals surface area contributed by atoms with Crippen LogP contribution in [0.15, 0.2) is 35.9 Å². The number of allylic oxidation sites excluding steroid dienone is 1. The number of ether oxygens (including phenoxy) is 1. The number of likely N-dealkylation sites (N-methyl/N-ethyl adjacent to an activating group) is 1. The number of hydrogen-bond donors (Lipinski definition) is 2. The number of amides is 2. The van der Waals surface area contributed by atoms with Crippen LogP contribution >= 0.6 is 0 Å². The minimum Gasteiger partial charge on any atom is -0.406 e. The summed E-state index contributed by atoms with van der Waals surface area (Å²) in [6.45, 7) is 2.24. The molecule has 0 unspecified atom stereocenters.